The molecule has 122 valence electrons. The van der Waals surface area contributed by atoms with Crippen molar-refractivity contribution in [2.75, 3.05) is 12.4 Å². The zero-order valence-electron chi connectivity index (χ0n) is 12.6. The molecule has 0 saturated carbocycles. The lowest BCUT2D eigenvalue weighted by atomic mass is 10.0. The molecule has 0 aliphatic carbocycles. The second-order valence-corrected chi connectivity index (χ2v) is 7.32. The van der Waals surface area contributed by atoms with Gasteiger partial charge in [-0.25, -0.2) is 0 Å². The molecule has 2 N–H and O–H groups in total. The van der Waals surface area contributed by atoms with E-state index in [9.17, 15) is 15.2 Å². The van der Waals surface area contributed by atoms with Gasteiger partial charge in [0.15, 0.2) is 0 Å². The van der Waals surface area contributed by atoms with Crippen molar-refractivity contribution in [3.63, 3.8) is 0 Å². The Morgan fingerprint density at radius 1 is 1.17 bits per heavy atom. The van der Waals surface area contributed by atoms with Gasteiger partial charge in [0.2, 0.25) is 0 Å². The molecule has 2 aromatic carbocycles. The summed E-state index contributed by atoms with van der Waals surface area (Å²) in [5.74, 6) is 0.131. The number of halogens is 1. The maximum absolute atomic E-state index is 11.0. The molecular weight excluding hydrogens is 439 g/mol. The molecule has 0 bridgehead atoms. The van der Waals surface area contributed by atoms with E-state index < -0.39 is 4.92 Å². The van der Waals surface area contributed by atoms with Gasteiger partial charge in [0, 0.05) is 28.3 Å². The van der Waals surface area contributed by atoms with E-state index in [1.54, 1.807) is 19.2 Å². The zero-order chi connectivity index (χ0) is 17.3. The Hall–Kier alpha value is -2.13. The molecule has 0 amide bonds. The van der Waals surface area contributed by atoms with Crippen molar-refractivity contribution < 1.29 is 10.0 Å². The minimum atomic E-state index is -0.437. The quantitative estimate of drug-likeness (QED) is 0.318. The lowest BCUT2D eigenvalue weighted by molar-refractivity contribution is -0.384. The number of anilines is 1. The van der Waals surface area contributed by atoms with E-state index in [4.69, 9.17) is 0 Å². The number of rotatable bonds is 4. The molecule has 0 fully saturated rings. The van der Waals surface area contributed by atoms with Crippen LogP contribution in [-0.2, 0) is 0 Å². The molecule has 0 aliphatic rings. The normalized spacial score (nSPS) is 10.6. The minimum absolute atomic E-state index is 0.00196. The maximum atomic E-state index is 11.0. The number of nitrogens with one attached hydrogen (secondary N) is 1. The van der Waals surface area contributed by atoms with Crippen LogP contribution in [0.1, 0.15) is 0 Å². The molecular formula is C17H13IN2O3S. The number of nitro benzene ring substituents is 1. The number of nitrogens with zero attached hydrogens (tertiary/aromatic N) is 1. The van der Waals surface area contributed by atoms with Crippen LogP contribution in [0.5, 0.6) is 5.75 Å². The summed E-state index contributed by atoms with van der Waals surface area (Å²) in [6.45, 7) is 0. The SMILES string of the molecule is CNc1sc(-c2cccc([N+](=O)[O-])c2)c(O)c1-c1cccc(I)c1. The summed E-state index contributed by atoms with van der Waals surface area (Å²) < 4.78 is 1.06. The molecule has 3 aromatic rings. The average Bonchev–Trinajstić information content (AvgIpc) is 2.91. The Morgan fingerprint density at radius 2 is 1.88 bits per heavy atom. The van der Waals surface area contributed by atoms with Gasteiger partial charge in [0.25, 0.3) is 5.69 Å². The second kappa shape index (κ2) is 6.78. The van der Waals surface area contributed by atoms with Crippen LogP contribution in [-0.4, -0.2) is 17.1 Å². The Kier molecular flexibility index (Phi) is 4.72. The van der Waals surface area contributed by atoms with Crippen molar-refractivity contribution in [2.24, 2.45) is 0 Å². The van der Waals surface area contributed by atoms with E-state index in [2.05, 4.69) is 27.9 Å². The van der Waals surface area contributed by atoms with E-state index in [-0.39, 0.29) is 11.4 Å². The lowest BCUT2D eigenvalue weighted by Crippen LogP contribution is -1.87. The van der Waals surface area contributed by atoms with Gasteiger partial charge in [-0.05, 0) is 40.3 Å². The molecule has 0 saturated heterocycles. The summed E-state index contributed by atoms with van der Waals surface area (Å²) in [6, 6.07) is 14.1. The Bertz CT molecular complexity index is 924. The van der Waals surface area contributed by atoms with Crippen molar-refractivity contribution in [3.8, 4) is 27.3 Å². The van der Waals surface area contributed by atoms with Crippen LogP contribution in [0.2, 0.25) is 0 Å². The minimum Gasteiger partial charge on any atom is -0.506 e. The number of thiophene rings is 1. The van der Waals surface area contributed by atoms with Crippen molar-refractivity contribution in [3.05, 3.63) is 62.2 Å². The van der Waals surface area contributed by atoms with E-state index >= 15 is 0 Å². The molecule has 0 radical (unpaired) electrons. The first-order chi connectivity index (χ1) is 11.5. The molecule has 0 spiro atoms. The monoisotopic (exact) mass is 452 g/mol. The third kappa shape index (κ3) is 3.09. The standard InChI is InChI=1S/C17H13IN2O3S/c1-19-17-14(10-4-2-6-12(18)8-10)15(21)16(24-17)11-5-3-7-13(9-11)20(22)23/h2-9,19,21H,1H3. The third-order valence-corrected chi connectivity index (χ3v) is 5.46. The van der Waals surface area contributed by atoms with Crippen molar-refractivity contribution in [2.45, 2.75) is 0 Å². The van der Waals surface area contributed by atoms with Crippen LogP contribution in [0.25, 0.3) is 21.6 Å². The summed E-state index contributed by atoms with van der Waals surface area (Å²) in [4.78, 5) is 11.2. The largest absolute Gasteiger partial charge is 0.506 e. The first-order valence-corrected chi connectivity index (χ1v) is 8.95. The van der Waals surface area contributed by atoms with E-state index in [0.29, 0.717) is 16.0 Å². The summed E-state index contributed by atoms with van der Waals surface area (Å²) in [6.07, 6.45) is 0. The molecule has 0 atom stereocenters. The molecule has 3 rings (SSSR count). The highest BCUT2D eigenvalue weighted by Crippen LogP contribution is 2.50. The Balaban J connectivity index is 2.18. The predicted molar refractivity (Wildman–Crippen MR) is 106 cm³/mol. The van der Waals surface area contributed by atoms with Gasteiger partial charge in [-0.3, -0.25) is 10.1 Å². The van der Waals surface area contributed by atoms with Gasteiger partial charge < -0.3 is 10.4 Å². The number of hydrogen-bond acceptors (Lipinski definition) is 5. The zero-order valence-corrected chi connectivity index (χ0v) is 15.6. The average molecular weight is 452 g/mol. The smallest absolute Gasteiger partial charge is 0.270 e. The van der Waals surface area contributed by atoms with Crippen LogP contribution in [0.15, 0.2) is 48.5 Å². The molecule has 5 nitrogen and oxygen atoms in total. The molecule has 24 heavy (non-hydrogen) atoms. The second-order valence-electron chi connectivity index (χ2n) is 5.05. The first-order valence-electron chi connectivity index (χ1n) is 7.05. The Morgan fingerprint density at radius 3 is 2.54 bits per heavy atom. The fraction of sp³-hybridized carbons (Fsp3) is 0.0588. The highest BCUT2D eigenvalue weighted by molar-refractivity contribution is 14.1. The summed E-state index contributed by atoms with van der Waals surface area (Å²) in [7, 11) is 1.79. The summed E-state index contributed by atoms with van der Waals surface area (Å²) in [5, 5.41) is 25.7. The summed E-state index contributed by atoms with van der Waals surface area (Å²) in [5.41, 5.74) is 2.24. The highest BCUT2D eigenvalue weighted by Gasteiger charge is 2.21. The topological polar surface area (TPSA) is 75.4 Å². The van der Waals surface area contributed by atoms with Gasteiger partial charge in [0.1, 0.15) is 10.8 Å². The van der Waals surface area contributed by atoms with Crippen molar-refractivity contribution in [1.29, 1.82) is 0 Å². The molecule has 1 heterocycles. The van der Waals surface area contributed by atoms with E-state index in [1.807, 2.05) is 24.3 Å². The van der Waals surface area contributed by atoms with Gasteiger partial charge >= 0.3 is 0 Å². The molecule has 0 unspecified atom stereocenters. The number of aromatic hydroxyl groups is 1. The Labute approximate surface area is 156 Å². The van der Waals surface area contributed by atoms with Crippen LogP contribution in [0, 0.1) is 13.7 Å². The molecule has 7 heteroatoms. The lowest BCUT2D eigenvalue weighted by Gasteiger charge is -2.05. The maximum Gasteiger partial charge on any atom is 0.270 e. The van der Waals surface area contributed by atoms with Crippen molar-refractivity contribution in [1.82, 2.24) is 0 Å². The van der Waals surface area contributed by atoms with Crippen molar-refractivity contribution >= 4 is 44.6 Å². The van der Waals surface area contributed by atoms with Crippen LogP contribution in [0.4, 0.5) is 10.7 Å². The molecule has 0 aliphatic heterocycles. The van der Waals surface area contributed by atoms with Crippen LogP contribution >= 0.6 is 33.9 Å². The fourth-order valence-electron chi connectivity index (χ4n) is 2.47. The van der Waals surface area contributed by atoms with Gasteiger partial charge in [-0.2, -0.15) is 0 Å². The molecule has 1 aromatic heterocycles. The van der Waals surface area contributed by atoms with Gasteiger partial charge in [-0.1, -0.05) is 24.3 Å². The van der Waals surface area contributed by atoms with E-state index in [0.717, 1.165) is 14.1 Å². The first kappa shape index (κ1) is 16.7. The fourth-order valence-corrected chi connectivity index (χ4v) is 4.08. The van der Waals surface area contributed by atoms with E-state index in [1.165, 1.54) is 23.5 Å². The van der Waals surface area contributed by atoms with Crippen LogP contribution in [0.3, 0.4) is 0 Å². The van der Waals surface area contributed by atoms with Gasteiger partial charge in [-0.15, -0.1) is 11.3 Å². The predicted octanol–water partition coefficient (Wildman–Crippen LogP) is 5.34. The van der Waals surface area contributed by atoms with Crippen LogP contribution < -0.4 is 5.32 Å². The number of hydrogen-bond donors (Lipinski definition) is 2. The summed E-state index contributed by atoms with van der Waals surface area (Å²) >= 11 is 3.60. The number of non-ortho nitro benzene ring substituents is 1. The third-order valence-electron chi connectivity index (χ3n) is 3.54. The van der Waals surface area contributed by atoms with Gasteiger partial charge in [0.05, 0.1) is 15.4 Å². The highest BCUT2D eigenvalue weighted by atomic mass is 127. The number of nitro groups is 1. The number of benzene rings is 2.